The Kier molecular flexibility index (Phi) is 3.99. The SMILES string of the molecule is CCn1nc(C)c2nc(CCCl)n(Cc3ncc(C)s3)c21. The number of rotatable bonds is 5. The van der Waals surface area contributed by atoms with Gasteiger partial charge in [0.15, 0.2) is 5.65 Å². The largest absolute Gasteiger partial charge is 0.306 e. The molecular weight excluding hydrogens is 306 g/mol. The molecule has 3 aromatic heterocycles. The van der Waals surface area contributed by atoms with Crippen LogP contribution in [0, 0.1) is 13.8 Å². The van der Waals surface area contributed by atoms with Crippen LogP contribution in [0.1, 0.15) is 28.3 Å². The van der Waals surface area contributed by atoms with Crippen LogP contribution in [-0.4, -0.2) is 30.2 Å². The van der Waals surface area contributed by atoms with Crippen LogP contribution in [0.25, 0.3) is 11.2 Å². The summed E-state index contributed by atoms with van der Waals surface area (Å²) in [7, 11) is 0. The van der Waals surface area contributed by atoms with Gasteiger partial charge < -0.3 is 4.57 Å². The third-order valence-electron chi connectivity index (χ3n) is 3.46. The van der Waals surface area contributed by atoms with Gasteiger partial charge in [-0.3, -0.25) is 0 Å². The van der Waals surface area contributed by atoms with Gasteiger partial charge >= 0.3 is 0 Å². The summed E-state index contributed by atoms with van der Waals surface area (Å²) in [4.78, 5) is 10.4. The Morgan fingerprint density at radius 3 is 2.76 bits per heavy atom. The number of aryl methyl sites for hydroxylation is 4. The molecule has 0 aliphatic carbocycles. The van der Waals surface area contributed by atoms with Crippen molar-refractivity contribution in [3.63, 3.8) is 0 Å². The maximum Gasteiger partial charge on any atom is 0.159 e. The first-order valence-corrected chi connectivity index (χ1v) is 8.39. The second-order valence-corrected chi connectivity index (χ2v) is 6.69. The van der Waals surface area contributed by atoms with E-state index in [4.69, 9.17) is 16.6 Å². The molecule has 0 aliphatic heterocycles. The van der Waals surface area contributed by atoms with E-state index >= 15 is 0 Å². The van der Waals surface area contributed by atoms with Crippen LogP contribution in [0.5, 0.6) is 0 Å². The molecule has 3 heterocycles. The molecule has 3 aromatic rings. The molecule has 0 amide bonds. The van der Waals surface area contributed by atoms with E-state index in [0.717, 1.165) is 47.2 Å². The van der Waals surface area contributed by atoms with Gasteiger partial charge in [-0.05, 0) is 20.8 Å². The predicted octanol–water partition coefficient (Wildman–Crippen LogP) is 3.16. The van der Waals surface area contributed by atoms with Crippen molar-refractivity contribution in [2.45, 2.75) is 40.3 Å². The molecular formula is C14H18ClN5S. The highest BCUT2D eigenvalue weighted by atomic mass is 35.5. The first kappa shape index (κ1) is 14.5. The first-order valence-electron chi connectivity index (χ1n) is 7.03. The zero-order valence-corrected chi connectivity index (χ0v) is 14.0. The highest BCUT2D eigenvalue weighted by molar-refractivity contribution is 7.11. The van der Waals surface area contributed by atoms with Crippen molar-refractivity contribution < 1.29 is 0 Å². The average Bonchev–Trinajstić information content (AvgIpc) is 3.10. The number of halogens is 1. The van der Waals surface area contributed by atoms with Crippen molar-refractivity contribution >= 4 is 34.1 Å². The fraction of sp³-hybridized carbons (Fsp3) is 0.500. The molecule has 0 unspecified atom stereocenters. The van der Waals surface area contributed by atoms with E-state index in [1.165, 1.54) is 4.88 Å². The third kappa shape index (κ3) is 2.58. The van der Waals surface area contributed by atoms with Crippen molar-refractivity contribution in [2.24, 2.45) is 0 Å². The van der Waals surface area contributed by atoms with Crippen LogP contribution >= 0.6 is 22.9 Å². The fourth-order valence-electron chi connectivity index (χ4n) is 2.54. The van der Waals surface area contributed by atoms with Crippen LogP contribution in [-0.2, 0) is 19.5 Å². The van der Waals surface area contributed by atoms with E-state index in [2.05, 4.69) is 28.5 Å². The Labute approximate surface area is 132 Å². The van der Waals surface area contributed by atoms with Crippen molar-refractivity contribution in [3.8, 4) is 0 Å². The zero-order valence-electron chi connectivity index (χ0n) is 12.4. The van der Waals surface area contributed by atoms with Gasteiger partial charge in [-0.2, -0.15) is 5.10 Å². The van der Waals surface area contributed by atoms with Gasteiger partial charge in [-0.25, -0.2) is 14.6 Å². The van der Waals surface area contributed by atoms with Crippen LogP contribution < -0.4 is 0 Å². The van der Waals surface area contributed by atoms with Gasteiger partial charge in [0, 0.05) is 29.9 Å². The third-order valence-corrected chi connectivity index (χ3v) is 4.54. The lowest BCUT2D eigenvalue weighted by atomic mass is 10.4. The van der Waals surface area contributed by atoms with Gasteiger partial charge in [0.1, 0.15) is 16.3 Å². The summed E-state index contributed by atoms with van der Waals surface area (Å²) in [5.74, 6) is 1.57. The number of alkyl halides is 1. The Morgan fingerprint density at radius 2 is 2.14 bits per heavy atom. The average molecular weight is 324 g/mol. The minimum absolute atomic E-state index is 0.565. The lowest BCUT2D eigenvalue weighted by Crippen LogP contribution is -2.10. The summed E-state index contributed by atoms with van der Waals surface area (Å²) >= 11 is 7.65. The molecule has 0 bridgehead atoms. The van der Waals surface area contributed by atoms with Gasteiger partial charge in [-0.15, -0.1) is 22.9 Å². The predicted molar refractivity (Wildman–Crippen MR) is 86.3 cm³/mol. The maximum absolute atomic E-state index is 5.93. The molecule has 0 radical (unpaired) electrons. The fourth-order valence-corrected chi connectivity index (χ4v) is 3.49. The summed E-state index contributed by atoms with van der Waals surface area (Å²) in [5, 5.41) is 5.65. The number of fused-ring (bicyclic) bond motifs is 1. The second kappa shape index (κ2) is 5.77. The van der Waals surface area contributed by atoms with Crippen molar-refractivity contribution in [1.82, 2.24) is 24.3 Å². The van der Waals surface area contributed by atoms with E-state index in [-0.39, 0.29) is 0 Å². The van der Waals surface area contributed by atoms with Crippen LogP contribution in [0.4, 0.5) is 0 Å². The highest BCUT2D eigenvalue weighted by Crippen LogP contribution is 2.23. The zero-order chi connectivity index (χ0) is 15.0. The number of nitrogens with zero attached hydrogens (tertiary/aromatic N) is 5. The number of thiazole rings is 1. The number of hydrogen-bond acceptors (Lipinski definition) is 4. The molecule has 0 fully saturated rings. The standard InChI is InChI=1S/C14H18ClN5S/c1-4-20-14-13(10(3)18-20)17-11(5-6-15)19(14)8-12-16-7-9(2)21-12/h7H,4-6,8H2,1-3H3. The van der Waals surface area contributed by atoms with Gasteiger partial charge in [0.05, 0.1) is 12.2 Å². The Morgan fingerprint density at radius 1 is 1.33 bits per heavy atom. The van der Waals surface area contributed by atoms with Crippen molar-refractivity contribution in [2.75, 3.05) is 5.88 Å². The van der Waals surface area contributed by atoms with Crippen LogP contribution in [0.15, 0.2) is 6.20 Å². The Bertz CT molecular complexity index is 770. The van der Waals surface area contributed by atoms with Crippen LogP contribution in [0.3, 0.4) is 0 Å². The molecule has 0 saturated heterocycles. The summed E-state index contributed by atoms with van der Waals surface area (Å²) in [6.07, 6.45) is 2.67. The summed E-state index contributed by atoms with van der Waals surface area (Å²) < 4.78 is 4.22. The minimum atomic E-state index is 0.565. The molecule has 0 spiro atoms. The van der Waals surface area contributed by atoms with E-state index in [1.54, 1.807) is 11.3 Å². The molecule has 21 heavy (non-hydrogen) atoms. The molecule has 0 saturated carbocycles. The van der Waals surface area contributed by atoms with Crippen LogP contribution in [0.2, 0.25) is 0 Å². The highest BCUT2D eigenvalue weighted by Gasteiger charge is 2.18. The van der Waals surface area contributed by atoms with Gasteiger partial charge in [0.2, 0.25) is 0 Å². The maximum atomic E-state index is 5.93. The smallest absolute Gasteiger partial charge is 0.159 e. The quantitative estimate of drug-likeness (QED) is 0.678. The molecule has 0 aliphatic rings. The molecule has 0 N–H and O–H groups in total. The van der Waals surface area contributed by atoms with Crippen molar-refractivity contribution in [3.05, 3.63) is 27.6 Å². The summed E-state index contributed by atoms with van der Waals surface area (Å²) in [5.41, 5.74) is 3.02. The summed E-state index contributed by atoms with van der Waals surface area (Å²) in [6, 6.07) is 0. The van der Waals surface area contributed by atoms with E-state index in [9.17, 15) is 0 Å². The molecule has 7 heteroatoms. The molecule has 3 rings (SSSR count). The molecule has 0 atom stereocenters. The van der Waals surface area contributed by atoms with E-state index in [0.29, 0.717) is 5.88 Å². The van der Waals surface area contributed by atoms with E-state index < -0.39 is 0 Å². The van der Waals surface area contributed by atoms with Crippen molar-refractivity contribution in [1.29, 1.82) is 0 Å². The molecule has 0 aromatic carbocycles. The normalized spacial score (nSPS) is 11.6. The van der Waals surface area contributed by atoms with Gasteiger partial charge in [0.25, 0.3) is 0 Å². The monoisotopic (exact) mass is 323 g/mol. The van der Waals surface area contributed by atoms with Gasteiger partial charge in [-0.1, -0.05) is 0 Å². The lowest BCUT2D eigenvalue weighted by Gasteiger charge is -2.08. The Balaban J connectivity index is 2.14. The molecule has 112 valence electrons. The topological polar surface area (TPSA) is 48.5 Å². The number of imidazole rings is 1. The summed E-state index contributed by atoms with van der Waals surface area (Å²) in [6.45, 7) is 7.73. The molecule has 5 nitrogen and oxygen atoms in total. The number of aromatic nitrogens is 5. The lowest BCUT2D eigenvalue weighted by molar-refractivity contribution is 0.634. The minimum Gasteiger partial charge on any atom is -0.306 e. The Hall–Kier alpha value is -1.40. The number of hydrogen-bond donors (Lipinski definition) is 0. The van der Waals surface area contributed by atoms with E-state index in [1.807, 2.05) is 17.8 Å². The first-order chi connectivity index (χ1) is 10.1. The second-order valence-electron chi connectivity index (χ2n) is 4.99.